The van der Waals surface area contributed by atoms with E-state index in [9.17, 15) is 9.59 Å². The lowest BCUT2D eigenvalue weighted by molar-refractivity contribution is -0.122. The molecule has 0 spiro atoms. The first-order valence-electron chi connectivity index (χ1n) is 9.99. The summed E-state index contributed by atoms with van der Waals surface area (Å²) in [5.74, 6) is 0.604. The number of fused-ring (bicyclic) bond motifs is 1. The van der Waals surface area contributed by atoms with Crippen LogP contribution in [0.2, 0.25) is 0 Å². The second-order valence-corrected chi connectivity index (χ2v) is 7.35. The van der Waals surface area contributed by atoms with Crippen molar-refractivity contribution in [3.8, 4) is 5.75 Å². The van der Waals surface area contributed by atoms with Gasteiger partial charge in [0.05, 0.1) is 19.6 Å². The molecule has 2 amide bonds. The Bertz CT molecular complexity index is 1030. The molecule has 0 radical (unpaired) electrons. The number of nitrogens with zero attached hydrogens (tertiary/aromatic N) is 1. The molecule has 30 heavy (non-hydrogen) atoms. The van der Waals surface area contributed by atoms with Gasteiger partial charge < -0.3 is 15.0 Å². The van der Waals surface area contributed by atoms with Crippen molar-refractivity contribution in [1.29, 1.82) is 0 Å². The van der Waals surface area contributed by atoms with Crippen molar-refractivity contribution in [1.82, 2.24) is 10.2 Å². The Balaban J connectivity index is 1.54. The van der Waals surface area contributed by atoms with E-state index in [1.54, 1.807) is 12.0 Å². The topological polar surface area (TPSA) is 58.6 Å². The summed E-state index contributed by atoms with van der Waals surface area (Å²) in [5, 5.41) is 2.98. The Hall–Kier alpha value is -3.60. The zero-order valence-corrected chi connectivity index (χ0v) is 16.9. The first-order chi connectivity index (χ1) is 14.7. The maximum atomic E-state index is 13.1. The summed E-state index contributed by atoms with van der Waals surface area (Å²) < 4.78 is 5.26. The molecule has 1 aliphatic heterocycles. The smallest absolute Gasteiger partial charge is 0.255 e. The van der Waals surface area contributed by atoms with Crippen LogP contribution in [0.4, 0.5) is 0 Å². The van der Waals surface area contributed by atoms with Gasteiger partial charge in [-0.1, -0.05) is 60.7 Å². The minimum atomic E-state index is -0.355. The van der Waals surface area contributed by atoms with E-state index >= 15 is 0 Å². The third-order valence-electron chi connectivity index (χ3n) is 5.44. The van der Waals surface area contributed by atoms with Gasteiger partial charge in [-0.05, 0) is 34.9 Å². The van der Waals surface area contributed by atoms with E-state index in [4.69, 9.17) is 4.74 Å². The summed E-state index contributed by atoms with van der Waals surface area (Å²) in [6.07, 6.45) is 0.193. The van der Waals surface area contributed by atoms with Gasteiger partial charge in [0.25, 0.3) is 5.91 Å². The molecule has 0 bridgehead atoms. The Labute approximate surface area is 176 Å². The first-order valence-corrected chi connectivity index (χ1v) is 9.99. The molecular formula is C25H24N2O3. The van der Waals surface area contributed by atoms with Crippen LogP contribution in [0.25, 0.3) is 0 Å². The van der Waals surface area contributed by atoms with Gasteiger partial charge in [-0.2, -0.15) is 0 Å². The highest BCUT2D eigenvalue weighted by Crippen LogP contribution is 2.34. The molecule has 1 atom stereocenters. The lowest BCUT2D eigenvalue weighted by Gasteiger charge is -2.28. The number of hydrogen-bond donors (Lipinski definition) is 1. The molecule has 0 saturated heterocycles. The summed E-state index contributed by atoms with van der Waals surface area (Å²) in [4.78, 5) is 27.6. The number of methoxy groups -OCH3 is 1. The fourth-order valence-corrected chi connectivity index (χ4v) is 3.81. The third-order valence-corrected chi connectivity index (χ3v) is 5.44. The predicted octanol–water partition coefficient (Wildman–Crippen LogP) is 4.10. The number of amides is 2. The monoisotopic (exact) mass is 400 g/mol. The van der Waals surface area contributed by atoms with E-state index in [2.05, 4.69) is 5.32 Å². The highest BCUT2D eigenvalue weighted by Gasteiger charge is 2.34. The number of hydrogen-bond acceptors (Lipinski definition) is 3. The molecule has 3 aromatic rings. The van der Waals surface area contributed by atoms with Crippen LogP contribution >= 0.6 is 0 Å². The lowest BCUT2D eigenvalue weighted by Crippen LogP contribution is -2.34. The fourth-order valence-electron chi connectivity index (χ4n) is 3.81. The van der Waals surface area contributed by atoms with Gasteiger partial charge in [-0.25, -0.2) is 0 Å². The Morgan fingerprint density at radius 1 is 1.00 bits per heavy atom. The predicted molar refractivity (Wildman–Crippen MR) is 115 cm³/mol. The van der Waals surface area contributed by atoms with Gasteiger partial charge in [0.15, 0.2) is 0 Å². The molecule has 0 aliphatic carbocycles. The molecule has 0 unspecified atom stereocenters. The van der Waals surface area contributed by atoms with E-state index in [1.807, 2.05) is 78.9 Å². The third kappa shape index (κ3) is 4.20. The quantitative estimate of drug-likeness (QED) is 0.650. The van der Waals surface area contributed by atoms with E-state index in [-0.39, 0.29) is 24.3 Å². The summed E-state index contributed by atoms with van der Waals surface area (Å²) >= 11 is 0. The van der Waals surface area contributed by atoms with Crippen LogP contribution in [0, 0.1) is 0 Å². The summed E-state index contributed by atoms with van der Waals surface area (Å²) in [5.41, 5.74) is 3.65. The molecule has 5 nitrogen and oxygen atoms in total. The second-order valence-electron chi connectivity index (χ2n) is 7.35. The van der Waals surface area contributed by atoms with Gasteiger partial charge in [-0.3, -0.25) is 9.59 Å². The molecule has 1 heterocycles. The fraction of sp³-hybridized carbons (Fsp3) is 0.200. The number of nitrogens with one attached hydrogen (secondary N) is 1. The maximum Gasteiger partial charge on any atom is 0.255 e. The van der Waals surface area contributed by atoms with Crippen LogP contribution in [-0.2, 0) is 17.9 Å². The molecule has 4 rings (SSSR count). The Morgan fingerprint density at radius 3 is 2.40 bits per heavy atom. The number of carbonyl (C=O) groups is 2. The highest BCUT2D eigenvalue weighted by atomic mass is 16.5. The first kappa shape index (κ1) is 19.7. The van der Waals surface area contributed by atoms with Crippen molar-refractivity contribution in [3.05, 3.63) is 101 Å². The molecule has 0 aromatic heterocycles. The zero-order valence-electron chi connectivity index (χ0n) is 16.9. The SMILES string of the molecule is COc1ccc([C@H](CC(=O)NCc2ccccc2)N2Cc3ccccc3C2=O)cc1. The van der Waals surface area contributed by atoms with Crippen LogP contribution in [0.5, 0.6) is 5.75 Å². The van der Waals surface area contributed by atoms with Crippen LogP contribution in [-0.4, -0.2) is 23.8 Å². The van der Waals surface area contributed by atoms with Crippen molar-refractivity contribution < 1.29 is 14.3 Å². The molecule has 5 heteroatoms. The average Bonchev–Trinajstić information content (AvgIpc) is 3.13. The number of carbonyl (C=O) groups excluding carboxylic acids is 2. The van der Waals surface area contributed by atoms with Gasteiger partial charge >= 0.3 is 0 Å². The van der Waals surface area contributed by atoms with Crippen LogP contribution in [0.3, 0.4) is 0 Å². The van der Waals surface area contributed by atoms with Crippen molar-refractivity contribution in [2.75, 3.05) is 7.11 Å². The van der Waals surface area contributed by atoms with Crippen LogP contribution < -0.4 is 10.1 Å². The molecule has 0 fully saturated rings. The second kappa shape index (κ2) is 8.82. The van der Waals surface area contributed by atoms with Crippen LogP contribution in [0.1, 0.15) is 39.5 Å². The van der Waals surface area contributed by atoms with Gasteiger partial charge in [0.1, 0.15) is 5.75 Å². The largest absolute Gasteiger partial charge is 0.497 e. The van der Waals surface area contributed by atoms with Crippen molar-refractivity contribution >= 4 is 11.8 Å². The van der Waals surface area contributed by atoms with E-state index in [1.165, 1.54) is 0 Å². The summed E-state index contributed by atoms with van der Waals surface area (Å²) in [6, 6.07) is 24.6. The van der Waals surface area contributed by atoms with E-state index in [0.717, 1.165) is 22.4 Å². The maximum absolute atomic E-state index is 13.1. The van der Waals surface area contributed by atoms with Crippen LogP contribution in [0.15, 0.2) is 78.9 Å². The summed E-state index contributed by atoms with van der Waals surface area (Å²) in [7, 11) is 1.62. The molecule has 3 aromatic carbocycles. The molecule has 1 aliphatic rings. The normalized spacial score (nSPS) is 13.6. The Kier molecular flexibility index (Phi) is 5.80. The molecule has 152 valence electrons. The van der Waals surface area contributed by atoms with Gasteiger partial charge in [-0.15, -0.1) is 0 Å². The highest BCUT2D eigenvalue weighted by molar-refractivity contribution is 5.98. The van der Waals surface area contributed by atoms with Gasteiger partial charge in [0.2, 0.25) is 5.91 Å². The Morgan fingerprint density at radius 2 is 1.70 bits per heavy atom. The zero-order chi connectivity index (χ0) is 20.9. The number of rotatable bonds is 7. The molecule has 1 N–H and O–H groups in total. The van der Waals surface area contributed by atoms with Crippen molar-refractivity contribution in [3.63, 3.8) is 0 Å². The summed E-state index contributed by atoms with van der Waals surface area (Å²) in [6.45, 7) is 0.959. The molecule has 0 saturated carbocycles. The van der Waals surface area contributed by atoms with Crippen molar-refractivity contribution in [2.45, 2.75) is 25.6 Å². The van der Waals surface area contributed by atoms with E-state index in [0.29, 0.717) is 18.7 Å². The molecular weight excluding hydrogens is 376 g/mol. The van der Waals surface area contributed by atoms with Gasteiger partial charge in [0, 0.05) is 18.7 Å². The minimum Gasteiger partial charge on any atom is -0.497 e. The minimum absolute atomic E-state index is 0.0396. The lowest BCUT2D eigenvalue weighted by atomic mass is 10.0. The number of benzene rings is 3. The average molecular weight is 400 g/mol. The standard InChI is InChI=1S/C25H24N2O3/c1-30-21-13-11-19(12-14-21)23(15-24(28)26-16-18-7-3-2-4-8-18)27-17-20-9-5-6-10-22(20)25(27)29/h2-14,23H,15-17H2,1H3,(H,26,28)/t23-/m0/s1. The van der Waals surface area contributed by atoms with Crippen molar-refractivity contribution in [2.24, 2.45) is 0 Å². The van der Waals surface area contributed by atoms with E-state index < -0.39 is 0 Å². The number of ether oxygens (including phenoxy) is 1.